The molecule has 4 heteroatoms. The topological polar surface area (TPSA) is 60.2 Å². The van der Waals surface area contributed by atoms with E-state index in [4.69, 9.17) is 10.6 Å². The Bertz CT molecular complexity index is 561. The van der Waals surface area contributed by atoms with Crippen LogP contribution in [0.2, 0.25) is 0 Å². The molecule has 0 aliphatic carbocycles. The molecule has 0 saturated carbocycles. The lowest BCUT2D eigenvalue weighted by atomic mass is 9.89. The van der Waals surface area contributed by atoms with Crippen molar-refractivity contribution < 1.29 is 4.74 Å². The van der Waals surface area contributed by atoms with Crippen molar-refractivity contribution in [1.82, 2.24) is 10.4 Å². The lowest BCUT2D eigenvalue weighted by molar-refractivity contribution is 0.0605. The molecule has 0 amide bonds. The molecule has 1 aromatic carbocycles. The molecule has 1 unspecified atom stereocenters. The quantitative estimate of drug-likeness (QED) is 0.663. The van der Waals surface area contributed by atoms with E-state index in [1.165, 1.54) is 10.9 Å². The first-order chi connectivity index (χ1) is 9.88. The first kappa shape index (κ1) is 13.5. The van der Waals surface area contributed by atoms with Gasteiger partial charge in [-0.2, -0.15) is 0 Å². The standard InChI is InChI=1S/C16H21N3O/c17-19-16(11-12-6-9-20-10-7-12)14-5-8-18-15-4-2-1-3-13(14)15/h1-5,8,12,16,19H,6-7,9-11,17H2. The molecule has 1 aliphatic heterocycles. The first-order valence-corrected chi connectivity index (χ1v) is 7.26. The first-order valence-electron chi connectivity index (χ1n) is 7.26. The molecule has 4 nitrogen and oxygen atoms in total. The van der Waals surface area contributed by atoms with Crippen LogP contribution in [0.5, 0.6) is 0 Å². The molecule has 0 spiro atoms. The minimum Gasteiger partial charge on any atom is -0.381 e. The Morgan fingerprint density at radius 2 is 2.05 bits per heavy atom. The Morgan fingerprint density at radius 3 is 2.85 bits per heavy atom. The van der Waals surface area contributed by atoms with Crippen molar-refractivity contribution in [3.8, 4) is 0 Å². The summed E-state index contributed by atoms with van der Waals surface area (Å²) in [5.74, 6) is 6.49. The van der Waals surface area contributed by atoms with Gasteiger partial charge in [0, 0.05) is 30.8 Å². The van der Waals surface area contributed by atoms with E-state index in [0.717, 1.165) is 38.0 Å². The lowest BCUT2D eigenvalue weighted by Gasteiger charge is -2.27. The van der Waals surface area contributed by atoms with E-state index in [2.05, 4.69) is 28.6 Å². The van der Waals surface area contributed by atoms with E-state index in [1.807, 2.05) is 18.3 Å². The number of pyridine rings is 1. The molecule has 0 bridgehead atoms. The van der Waals surface area contributed by atoms with Gasteiger partial charge in [0.1, 0.15) is 0 Å². The number of nitrogens with zero attached hydrogens (tertiary/aromatic N) is 1. The Kier molecular flexibility index (Phi) is 4.25. The number of benzene rings is 1. The van der Waals surface area contributed by atoms with Crippen LogP contribution < -0.4 is 11.3 Å². The number of rotatable bonds is 4. The zero-order valence-electron chi connectivity index (χ0n) is 11.6. The van der Waals surface area contributed by atoms with Gasteiger partial charge < -0.3 is 4.74 Å². The van der Waals surface area contributed by atoms with Crippen molar-refractivity contribution in [2.45, 2.75) is 25.3 Å². The third kappa shape index (κ3) is 2.82. The van der Waals surface area contributed by atoms with Crippen LogP contribution in [0.4, 0.5) is 0 Å². The summed E-state index contributed by atoms with van der Waals surface area (Å²) >= 11 is 0. The van der Waals surface area contributed by atoms with Crippen LogP contribution in [0.25, 0.3) is 10.9 Å². The number of para-hydroxylation sites is 1. The zero-order valence-corrected chi connectivity index (χ0v) is 11.6. The molecular weight excluding hydrogens is 250 g/mol. The molecular formula is C16H21N3O. The number of nitrogens with two attached hydrogens (primary N) is 1. The SMILES string of the molecule is NNC(CC1CCOCC1)c1ccnc2ccccc12. The second-order valence-electron chi connectivity index (χ2n) is 5.43. The molecule has 3 N–H and O–H groups in total. The maximum Gasteiger partial charge on any atom is 0.0705 e. The Balaban J connectivity index is 1.86. The van der Waals surface area contributed by atoms with Gasteiger partial charge in [-0.15, -0.1) is 0 Å². The van der Waals surface area contributed by atoms with Gasteiger partial charge >= 0.3 is 0 Å². The number of hydrazine groups is 1. The average Bonchev–Trinajstić information content (AvgIpc) is 2.53. The highest BCUT2D eigenvalue weighted by Crippen LogP contribution is 2.30. The van der Waals surface area contributed by atoms with Gasteiger partial charge in [-0.3, -0.25) is 16.3 Å². The summed E-state index contributed by atoms with van der Waals surface area (Å²) < 4.78 is 5.43. The minimum atomic E-state index is 0.172. The molecule has 3 rings (SSSR count). The van der Waals surface area contributed by atoms with Crippen LogP contribution in [-0.4, -0.2) is 18.2 Å². The summed E-state index contributed by atoms with van der Waals surface area (Å²) in [6.45, 7) is 1.75. The van der Waals surface area contributed by atoms with E-state index >= 15 is 0 Å². The predicted molar refractivity (Wildman–Crippen MR) is 80.0 cm³/mol. The number of ether oxygens (including phenoxy) is 1. The molecule has 2 heterocycles. The fourth-order valence-corrected chi connectivity index (χ4v) is 3.02. The maximum atomic E-state index is 5.81. The number of hydrogen-bond acceptors (Lipinski definition) is 4. The zero-order chi connectivity index (χ0) is 13.8. The fourth-order valence-electron chi connectivity index (χ4n) is 3.02. The van der Waals surface area contributed by atoms with Crippen molar-refractivity contribution in [3.05, 3.63) is 42.1 Å². The smallest absolute Gasteiger partial charge is 0.0705 e. The third-order valence-electron chi connectivity index (χ3n) is 4.17. The van der Waals surface area contributed by atoms with Gasteiger partial charge in [-0.25, -0.2) is 0 Å². The molecule has 1 saturated heterocycles. The van der Waals surface area contributed by atoms with E-state index in [9.17, 15) is 0 Å². The number of nitrogens with one attached hydrogen (secondary N) is 1. The third-order valence-corrected chi connectivity index (χ3v) is 4.17. The van der Waals surface area contributed by atoms with Crippen LogP contribution >= 0.6 is 0 Å². The second kappa shape index (κ2) is 6.31. The summed E-state index contributed by atoms with van der Waals surface area (Å²) in [6, 6.07) is 10.5. The van der Waals surface area contributed by atoms with Crippen molar-refractivity contribution in [1.29, 1.82) is 0 Å². The largest absolute Gasteiger partial charge is 0.381 e. The molecule has 0 radical (unpaired) electrons. The van der Waals surface area contributed by atoms with Crippen LogP contribution in [-0.2, 0) is 4.74 Å². The van der Waals surface area contributed by atoms with Gasteiger partial charge in [0.05, 0.1) is 5.52 Å². The monoisotopic (exact) mass is 271 g/mol. The molecule has 1 fully saturated rings. The Morgan fingerprint density at radius 1 is 1.25 bits per heavy atom. The van der Waals surface area contributed by atoms with Gasteiger partial charge in [0.2, 0.25) is 0 Å². The molecule has 1 atom stereocenters. The lowest BCUT2D eigenvalue weighted by Crippen LogP contribution is -2.31. The van der Waals surface area contributed by atoms with Crippen molar-refractivity contribution in [2.24, 2.45) is 11.8 Å². The van der Waals surface area contributed by atoms with E-state index in [-0.39, 0.29) is 6.04 Å². The Labute approximate surface area is 119 Å². The van der Waals surface area contributed by atoms with Gasteiger partial charge in [0.15, 0.2) is 0 Å². The van der Waals surface area contributed by atoms with Crippen molar-refractivity contribution in [2.75, 3.05) is 13.2 Å². The maximum absolute atomic E-state index is 5.81. The highest BCUT2D eigenvalue weighted by atomic mass is 16.5. The molecule has 1 aromatic heterocycles. The van der Waals surface area contributed by atoms with E-state index in [1.54, 1.807) is 0 Å². The van der Waals surface area contributed by atoms with Crippen LogP contribution in [0.1, 0.15) is 30.9 Å². The van der Waals surface area contributed by atoms with Gasteiger partial charge in [0.25, 0.3) is 0 Å². The van der Waals surface area contributed by atoms with Gasteiger partial charge in [-0.1, -0.05) is 18.2 Å². The molecule has 106 valence electrons. The predicted octanol–water partition coefficient (Wildman–Crippen LogP) is 2.56. The summed E-state index contributed by atoms with van der Waals surface area (Å²) in [6.07, 6.45) is 5.17. The Hall–Kier alpha value is -1.49. The second-order valence-corrected chi connectivity index (χ2v) is 5.43. The average molecular weight is 271 g/mol. The van der Waals surface area contributed by atoms with Crippen LogP contribution in [0.15, 0.2) is 36.5 Å². The summed E-state index contributed by atoms with van der Waals surface area (Å²) in [4.78, 5) is 4.42. The normalized spacial score (nSPS) is 18.2. The van der Waals surface area contributed by atoms with Crippen molar-refractivity contribution >= 4 is 10.9 Å². The summed E-state index contributed by atoms with van der Waals surface area (Å²) in [5, 5.41) is 1.19. The number of aromatic nitrogens is 1. The van der Waals surface area contributed by atoms with Crippen LogP contribution in [0, 0.1) is 5.92 Å². The summed E-state index contributed by atoms with van der Waals surface area (Å²) in [7, 11) is 0. The van der Waals surface area contributed by atoms with Gasteiger partial charge in [-0.05, 0) is 42.9 Å². The summed E-state index contributed by atoms with van der Waals surface area (Å²) in [5.41, 5.74) is 5.25. The molecule has 20 heavy (non-hydrogen) atoms. The minimum absolute atomic E-state index is 0.172. The molecule has 2 aromatic rings. The number of hydrogen-bond donors (Lipinski definition) is 2. The highest BCUT2D eigenvalue weighted by molar-refractivity contribution is 5.82. The van der Waals surface area contributed by atoms with E-state index in [0.29, 0.717) is 5.92 Å². The molecule has 1 aliphatic rings. The number of fused-ring (bicyclic) bond motifs is 1. The van der Waals surface area contributed by atoms with Crippen molar-refractivity contribution in [3.63, 3.8) is 0 Å². The van der Waals surface area contributed by atoms with Crippen LogP contribution in [0.3, 0.4) is 0 Å². The fraction of sp³-hybridized carbons (Fsp3) is 0.438. The van der Waals surface area contributed by atoms with E-state index < -0.39 is 0 Å². The highest BCUT2D eigenvalue weighted by Gasteiger charge is 2.21.